The van der Waals surface area contributed by atoms with Crippen LogP contribution < -0.4 is 11.0 Å². The number of fused-ring (bicyclic) bond motifs is 1. The fourth-order valence-electron chi connectivity index (χ4n) is 3.76. The van der Waals surface area contributed by atoms with Crippen molar-refractivity contribution in [1.29, 1.82) is 0 Å². The Morgan fingerprint density at radius 3 is 2.39 bits per heavy atom. The third-order valence-electron chi connectivity index (χ3n) is 5.18. The molecular weight excluding hydrogens is 364 g/mol. The summed E-state index contributed by atoms with van der Waals surface area (Å²) in [7, 11) is 0. The molecule has 0 bridgehead atoms. The van der Waals surface area contributed by atoms with Gasteiger partial charge < -0.3 is 0 Å². The van der Waals surface area contributed by atoms with E-state index < -0.39 is 28.7 Å². The normalized spacial score (nSPS) is 14.9. The minimum atomic E-state index is -1.02. The number of amides is 1. The topological polar surface area (TPSA) is 64.0 Å². The third-order valence-corrected chi connectivity index (χ3v) is 5.18. The van der Waals surface area contributed by atoms with Gasteiger partial charge in [0, 0.05) is 5.92 Å². The summed E-state index contributed by atoms with van der Waals surface area (Å²) in [5.74, 6) is -2.57. The second-order valence-corrected chi connectivity index (χ2v) is 7.00. The van der Waals surface area contributed by atoms with Crippen molar-refractivity contribution in [2.45, 2.75) is 38.0 Å². The number of carbonyl (C=O) groups is 1. The number of aromatic nitrogens is 2. The zero-order valence-electron chi connectivity index (χ0n) is 15.1. The summed E-state index contributed by atoms with van der Waals surface area (Å²) >= 11 is 0. The van der Waals surface area contributed by atoms with Gasteiger partial charge in [-0.1, -0.05) is 37.5 Å². The van der Waals surface area contributed by atoms with Crippen LogP contribution in [0.5, 0.6) is 0 Å². The second kappa shape index (κ2) is 7.50. The van der Waals surface area contributed by atoms with Crippen LogP contribution >= 0.6 is 0 Å². The first kappa shape index (κ1) is 18.3. The molecule has 0 radical (unpaired) electrons. The maximum absolute atomic E-state index is 14.0. The highest BCUT2D eigenvalue weighted by Gasteiger charge is 2.25. The average Bonchev–Trinajstić information content (AvgIpc) is 2.70. The van der Waals surface area contributed by atoms with E-state index >= 15 is 0 Å². The van der Waals surface area contributed by atoms with Crippen molar-refractivity contribution in [1.82, 2.24) is 9.66 Å². The summed E-state index contributed by atoms with van der Waals surface area (Å²) in [5, 5.41) is 0.330. The maximum Gasteiger partial charge on any atom is 0.280 e. The molecule has 1 fully saturated rings. The molecule has 2 aromatic carbocycles. The molecule has 3 aromatic rings. The zero-order chi connectivity index (χ0) is 19.7. The summed E-state index contributed by atoms with van der Waals surface area (Å²) in [6.07, 6.45) is 4.80. The molecule has 28 heavy (non-hydrogen) atoms. The molecule has 1 heterocycles. The summed E-state index contributed by atoms with van der Waals surface area (Å²) < 4.78 is 29.1. The fraction of sp³-hybridized carbons (Fsp3) is 0.286. The molecule has 4 rings (SSSR count). The van der Waals surface area contributed by atoms with E-state index in [2.05, 4.69) is 10.4 Å². The number of para-hydroxylation sites is 1. The van der Waals surface area contributed by atoms with Crippen LogP contribution in [0.25, 0.3) is 10.9 Å². The van der Waals surface area contributed by atoms with E-state index in [1.807, 2.05) is 0 Å². The standard InChI is InChI=1S/C21H19F2N3O2/c22-15-10-6-11-16(23)18(15)20(27)25-26-19(13-7-2-1-3-8-13)24-17-12-5-4-9-14(17)21(26)28/h4-6,9-13H,1-3,7-8H2,(H,25,27). The third kappa shape index (κ3) is 3.28. The Bertz CT molecular complexity index is 1080. The Kier molecular flexibility index (Phi) is 4.90. The summed E-state index contributed by atoms with van der Waals surface area (Å²) in [5.41, 5.74) is 1.74. The first-order valence-corrected chi connectivity index (χ1v) is 9.33. The zero-order valence-corrected chi connectivity index (χ0v) is 15.1. The van der Waals surface area contributed by atoms with Gasteiger partial charge in [-0.2, -0.15) is 0 Å². The number of hydrogen-bond acceptors (Lipinski definition) is 3. The van der Waals surface area contributed by atoms with Crippen LogP contribution in [-0.4, -0.2) is 15.6 Å². The van der Waals surface area contributed by atoms with E-state index in [0.29, 0.717) is 16.7 Å². The molecule has 0 unspecified atom stereocenters. The van der Waals surface area contributed by atoms with Gasteiger partial charge in [0.2, 0.25) is 0 Å². The van der Waals surface area contributed by atoms with Crippen LogP contribution in [0.2, 0.25) is 0 Å². The number of rotatable bonds is 3. The predicted octanol–water partition coefficient (Wildman–Crippen LogP) is 4.11. The van der Waals surface area contributed by atoms with Crippen LogP contribution in [-0.2, 0) is 0 Å². The molecule has 1 aliphatic rings. The Morgan fingerprint density at radius 1 is 1.00 bits per heavy atom. The highest BCUT2D eigenvalue weighted by atomic mass is 19.1. The van der Waals surface area contributed by atoms with Gasteiger partial charge in [0.25, 0.3) is 11.5 Å². The number of nitrogens with one attached hydrogen (secondary N) is 1. The van der Waals surface area contributed by atoms with Gasteiger partial charge >= 0.3 is 0 Å². The molecule has 0 aliphatic heterocycles. The van der Waals surface area contributed by atoms with Crippen LogP contribution in [0.1, 0.15) is 54.2 Å². The first-order chi connectivity index (χ1) is 13.6. The lowest BCUT2D eigenvalue weighted by Gasteiger charge is -2.24. The molecular formula is C21H19F2N3O2. The Hall–Kier alpha value is -3.09. The van der Waals surface area contributed by atoms with E-state index in [1.165, 1.54) is 6.07 Å². The molecule has 0 saturated heterocycles. The maximum atomic E-state index is 14.0. The average molecular weight is 383 g/mol. The van der Waals surface area contributed by atoms with Gasteiger partial charge in [-0.25, -0.2) is 18.4 Å². The van der Waals surface area contributed by atoms with Crippen LogP contribution in [0.15, 0.2) is 47.3 Å². The Labute approximate surface area is 160 Å². The molecule has 144 valence electrons. The molecule has 5 nitrogen and oxygen atoms in total. The molecule has 1 amide bonds. The van der Waals surface area contributed by atoms with Gasteiger partial charge in [0.1, 0.15) is 23.0 Å². The molecule has 0 spiro atoms. The number of hydrogen-bond donors (Lipinski definition) is 1. The largest absolute Gasteiger partial charge is 0.280 e. The predicted molar refractivity (Wildman–Crippen MR) is 102 cm³/mol. The van der Waals surface area contributed by atoms with Crippen molar-refractivity contribution in [2.75, 3.05) is 5.43 Å². The Balaban J connectivity index is 1.83. The number of nitrogens with zero attached hydrogens (tertiary/aromatic N) is 2. The van der Waals surface area contributed by atoms with Crippen LogP contribution in [0, 0.1) is 11.6 Å². The van der Waals surface area contributed by atoms with E-state index in [9.17, 15) is 18.4 Å². The van der Waals surface area contributed by atoms with Crippen molar-refractivity contribution in [3.05, 3.63) is 75.8 Å². The number of halogens is 2. The molecule has 1 saturated carbocycles. The lowest BCUT2D eigenvalue weighted by atomic mass is 9.88. The summed E-state index contributed by atoms with van der Waals surface area (Å²) in [4.78, 5) is 30.3. The molecule has 1 N–H and O–H groups in total. The second-order valence-electron chi connectivity index (χ2n) is 7.00. The quantitative estimate of drug-likeness (QED) is 0.740. The van der Waals surface area contributed by atoms with Gasteiger partial charge in [-0.3, -0.25) is 15.0 Å². The van der Waals surface area contributed by atoms with Crippen LogP contribution in [0.4, 0.5) is 8.78 Å². The summed E-state index contributed by atoms with van der Waals surface area (Å²) in [6.45, 7) is 0. The highest BCUT2D eigenvalue weighted by molar-refractivity contribution is 6.00. The van der Waals surface area contributed by atoms with Gasteiger partial charge in [0.05, 0.1) is 10.9 Å². The van der Waals surface area contributed by atoms with Gasteiger partial charge in [0.15, 0.2) is 0 Å². The molecule has 1 aromatic heterocycles. The van der Waals surface area contributed by atoms with E-state index in [-0.39, 0.29) is 5.92 Å². The highest BCUT2D eigenvalue weighted by Crippen LogP contribution is 2.31. The van der Waals surface area contributed by atoms with Crippen molar-refractivity contribution >= 4 is 16.8 Å². The van der Waals surface area contributed by atoms with E-state index in [4.69, 9.17) is 0 Å². The fourth-order valence-corrected chi connectivity index (χ4v) is 3.76. The van der Waals surface area contributed by atoms with E-state index in [0.717, 1.165) is 48.9 Å². The Morgan fingerprint density at radius 2 is 1.68 bits per heavy atom. The van der Waals surface area contributed by atoms with Crippen molar-refractivity contribution in [3.63, 3.8) is 0 Å². The minimum absolute atomic E-state index is 0.00294. The van der Waals surface area contributed by atoms with Crippen molar-refractivity contribution in [3.8, 4) is 0 Å². The van der Waals surface area contributed by atoms with Crippen molar-refractivity contribution < 1.29 is 13.6 Å². The van der Waals surface area contributed by atoms with Gasteiger partial charge in [-0.15, -0.1) is 0 Å². The number of carbonyl (C=O) groups excluding carboxylic acids is 1. The summed E-state index contributed by atoms with van der Waals surface area (Å²) in [6, 6.07) is 10.0. The lowest BCUT2D eigenvalue weighted by Crippen LogP contribution is -2.38. The monoisotopic (exact) mass is 383 g/mol. The smallest absolute Gasteiger partial charge is 0.267 e. The lowest BCUT2D eigenvalue weighted by molar-refractivity contribution is 0.0997. The molecule has 7 heteroatoms. The van der Waals surface area contributed by atoms with E-state index in [1.54, 1.807) is 24.3 Å². The molecule has 0 atom stereocenters. The minimum Gasteiger partial charge on any atom is -0.267 e. The van der Waals surface area contributed by atoms with Gasteiger partial charge in [-0.05, 0) is 37.1 Å². The number of benzene rings is 2. The molecule has 1 aliphatic carbocycles. The SMILES string of the molecule is O=C(Nn1c(C2CCCCC2)nc2ccccc2c1=O)c1c(F)cccc1F. The van der Waals surface area contributed by atoms with Crippen molar-refractivity contribution in [2.24, 2.45) is 0 Å². The van der Waals surface area contributed by atoms with Crippen LogP contribution in [0.3, 0.4) is 0 Å². The first-order valence-electron chi connectivity index (χ1n) is 9.33.